The monoisotopic (exact) mass is 521 g/mol. The van der Waals surface area contributed by atoms with Crippen molar-refractivity contribution in [2.24, 2.45) is 10.2 Å². The molecule has 0 amide bonds. The zero-order valence-corrected chi connectivity index (χ0v) is 19.2. The number of hydrogen-bond acceptors (Lipinski definition) is 11. The van der Waals surface area contributed by atoms with Crippen LogP contribution in [-0.2, 0) is 10.1 Å². The molecule has 0 aliphatic heterocycles. The molecule has 0 atom stereocenters. The van der Waals surface area contributed by atoms with Gasteiger partial charge in [0, 0.05) is 17.8 Å². The van der Waals surface area contributed by atoms with Gasteiger partial charge in [-0.15, -0.1) is 5.11 Å². The Morgan fingerprint density at radius 2 is 1.46 bits per heavy atom. The van der Waals surface area contributed by atoms with E-state index in [4.69, 9.17) is 11.5 Å². The quantitative estimate of drug-likeness (QED) is 0.0595. The molecule has 3 aromatic rings. The fourth-order valence-corrected chi connectivity index (χ4v) is 4.35. The van der Waals surface area contributed by atoms with Crippen molar-refractivity contribution in [3.63, 3.8) is 0 Å². The molecule has 3 aromatic carbocycles. The van der Waals surface area contributed by atoms with Crippen LogP contribution in [0.2, 0.25) is 0 Å². The van der Waals surface area contributed by atoms with Gasteiger partial charge in [0.05, 0.1) is 21.2 Å². The molecule has 0 aromatic heterocycles. The van der Waals surface area contributed by atoms with Crippen molar-refractivity contribution in [1.82, 2.24) is 0 Å². The van der Waals surface area contributed by atoms with Crippen LogP contribution in [0.5, 0.6) is 0 Å². The predicted octanol–water partition coefficient (Wildman–Crippen LogP) is 5.17. The van der Waals surface area contributed by atoms with E-state index in [2.05, 4.69) is 10.2 Å². The zero-order valence-electron chi connectivity index (χ0n) is 17.6. The number of nitro groups is 1. The Hall–Kier alpha value is -3.86. The Morgan fingerprint density at radius 1 is 0.829 bits per heavy atom. The minimum absolute atomic E-state index is 0.0304. The average Bonchev–Trinajstić information content (AvgIpc) is 2.76. The normalized spacial score (nSPS) is 12.9. The van der Waals surface area contributed by atoms with E-state index in [1.54, 1.807) is 6.07 Å². The van der Waals surface area contributed by atoms with E-state index in [0.29, 0.717) is 5.69 Å². The SMILES string of the molecule is Nc1ccc(N=Nc2ccc(/C=C/c3ccc([N+](=O)[O-])cc3S(O)(O)O)c(S(=O)(=O)O)c2)c(N)c1. The maximum Gasteiger partial charge on any atom is 0.295 e. The number of nitrogens with two attached hydrogens (primary N) is 2. The molecule has 13 nitrogen and oxygen atoms in total. The third-order valence-electron chi connectivity index (χ3n) is 4.55. The van der Waals surface area contributed by atoms with E-state index >= 15 is 0 Å². The summed E-state index contributed by atoms with van der Waals surface area (Å²) in [5.41, 5.74) is 11.9. The zero-order chi connectivity index (χ0) is 26.0. The van der Waals surface area contributed by atoms with E-state index in [-0.39, 0.29) is 28.2 Å². The van der Waals surface area contributed by atoms with Crippen LogP contribution in [0.15, 0.2) is 74.6 Å². The van der Waals surface area contributed by atoms with Crippen LogP contribution in [0.3, 0.4) is 0 Å². The van der Waals surface area contributed by atoms with Crippen LogP contribution in [0.25, 0.3) is 12.2 Å². The third-order valence-corrected chi connectivity index (χ3v) is 6.40. The first-order valence-corrected chi connectivity index (χ1v) is 12.4. The molecule has 0 bridgehead atoms. The summed E-state index contributed by atoms with van der Waals surface area (Å²) in [6, 6.07) is 11.3. The number of nitro benzene ring substituents is 1. The van der Waals surface area contributed by atoms with Crippen molar-refractivity contribution >= 4 is 61.6 Å². The second-order valence-corrected chi connectivity index (χ2v) is 9.91. The van der Waals surface area contributed by atoms with Crippen LogP contribution >= 0.6 is 10.9 Å². The van der Waals surface area contributed by atoms with Gasteiger partial charge >= 0.3 is 0 Å². The van der Waals surface area contributed by atoms with Crippen LogP contribution < -0.4 is 11.5 Å². The lowest BCUT2D eigenvalue weighted by Crippen LogP contribution is -2.01. The van der Waals surface area contributed by atoms with Gasteiger partial charge in [0.2, 0.25) is 0 Å². The predicted molar refractivity (Wildman–Crippen MR) is 131 cm³/mol. The van der Waals surface area contributed by atoms with Crippen molar-refractivity contribution in [2.75, 3.05) is 11.5 Å². The minimum atomic E-state index is -4.74. The van der Waals surface area contributed by atoms with Crippen LogP contribution in [0.1, 0.15) is 11.1 Å². The third kappa shape index (κ3) is 6.38. The van der Waals surface area contributed by atoms with Crippen molar-refractivity contribution in [3.8, 4) is 0 Å². The molecule has 35 heavy (non-hydrogen) atoms. The van der Waals surface area contributed by atoms with E-state index in [1.165, 1.54) is 36.4 Å². The molecule has 184 valence electrons. The first kappa shape index (κ1) is 25.8. The molecule has 0 fully saturated rings. The van der Waals surface area contributed by atoms with Gasteiger partial charge in [-0.3, -0.25) is 14.7 Å². The molecule has 0 saturated carbocycles. The second-order valence-electron chi connectivity index (χ2n) is 7.05. The summed E-state index contributed by atoms with van der Waals surface area (Å²) in [6.07, 6.45) is 2.38. The van der Waals surface area contributed by atoms with E-state index in [1.807, 2.05) is 0 Å². The summed E-state index contributed by atoms with van der Waals surface area (Å²) in [4.78, 5) is 9.09. The maximum absolute atomic E-state index is 12.0. The number of hydrogen-bond donors (Lipinski definition) is 6. The largest absolute Gasteiger partial charge is 0.399 e. The average molecular weight is 522 g/mol. The van der Waals surface area contributed by atoms with Crippen molar-refractivity contribution in [2.45, 2.75) is 9.79 Å². The Labute approximate surface area is 200 Å². The fraction of sp³-hybridized carbons (Fsp3) is 0. The molecule has 3 rings (SSSR count). The molecule has 0 unspecified atom stereocenters. The Kier molecular flexibility index (Phi) is 7.20. The summed E-state index contributed by atoms with van der Waals surface area (Å²) >= 11 is 0. The summed E-state index contributed by atoms with van der Waals surface area (Å²) < 4.78 is 62.5. The van der Waals surface area contributed by atoms with Crippen molar-refractivity contribution in [3.05, 3.63) is 75.8 Å². The van der Waals surface area contributed by atoms with Gasteiger partial charge in [-0.05, 0) is 47.5 Å². The van der Waals surface area contributed by atoms with Gasteiger partial charge in [0.25, 0.3) is 15.8 Å². The highest BCUT2D eigenvalue weighted by Gasteiger charge is 2.23. The van der Waals surface area contributed by atoms with Gasteiger partial charge < -0.3 is 25.1 Å². The first-order chi connectivity index (χ1) is 16.3. The van der Waals surface area contributed by atoms with Crippen molar-refractivity contribution in [1.29, 1.82) is 0 Å². The van der Waals surface area contributed by atoms with Crippen LogP contribution in [0.4, 0.5) is 28.4 Å². The topological polar surface area (TPSA) is 235 Å². The number of anilines is 2. The van der Waals surface area contributed by atoms with Crippen LogP contribution in [0, 0.1) is 10.1 Å². The lowest BCUT2D eigenvalue weighted by molar-refractivity contribution is -0.385. The van der Waals surface area contributed by atoms with Gasteiger partial charge in [-0.25, -0.2) is 0 Å². The molecule has 0 spiro atoms. The van der Waals surface area contributed by atoms with Gasteiger partial charge in [0.1, 0.15) is 21.5 Å². The van der Waals surface area contributed by atoms with E-state index in [9.17, 15) is 36.7 Å². The molecule has 0 aliphatic carbocycles. The molecule has 8 N–H and O–H groups in total. The van der Waals surface area contributed by atoms with Gasteiger partial charge in [-0.2, -0.15) is 13.5 Å². The molecular formula is C20H19N5O8S2. The minimum Gasteiger partial charge on any atom is -0.399 e. The fourth-order valence-electron chi connectivity index (χ4n) is 2.91. The Morgan fingerprint density at radius 3 is 2.03 bits per heavy atom. The Bertz CT molecular complexity index is 1470. The molecular weight excluding hydrogens is 502 g/mol. The number of nitrogens with zero attached hydrogens (tertiary/aromatic N) is 3. The van der Waals surface area contributed by atoms with Gasteiger partial charge in [-0.1, -0.05) is 18.2 Å². The van der Waals surface area contributed by atoms with E-state index < -0.39 is 41.4 Å². The van der Waals surface area contributed by atoms with E-state index in [0.717, 1.165) is 24.3 Å². The second kappa shape index (κ2) is 9.79. The standard InChI is InChI=1S/C20H19N5O8S2/c21-14-5-8-18(17(22)9-14)24-23-15-6-3-12(19(10-15)34(28,29)30)1-2-13-4-7-16(25(26)27)11-20(13)35(31,32)33/h1-11,31-33H,21-22H2,(H,28,29,30)/b2-1+,24-23?. The highest BCUT2D eigenvalue weighted by atomic mass is 32.3. The first-order valence-electron chi connectivity index (χ1n) is 9.41. The lowest BCUT2D eigenvalue weighted by Gasteiger charge is -2.21. The maximum atomic E-state index is 12.0. The Balaban J connectivity index is 2.02. The smallest absolute Gasteiger partial charge is 0.295 e. The summed E-state index contributed by atoms with van der Waals surface area (Å²) in [7, 11) is -9.09. The number of rotatable bonds is 7. The van der Waals surface area contributed by atoms with Gasteiger partial charge in [0.15, 0.2) is 0 Å². The number of azo groups is 1. The number of non-ortho nitro benzene ring substituents is 1. The highest BCUT2D eigenvalue weighted by Crippen LogP contribution is 2.47. The molecule has 0 radical (unpaired) electrons. The number of benzene rings is 3. The van der Waals surface area contributed by atoms with Crippen molar-refractivity contribution < 1.29 is 31.6 Å². The number of nitrogen functional groups attached to an aromatic ring is 2. The summed E-state index contributed by atoms with van der Waals surface area (Å²) in [5.74, 6) is 0. The molecule has 0 heterocycles. The molecule has 0 aliphatic rings. The van der Waals surface area contributed by atoms with Crippen LogP contribution in [-0.4, -0.2) is 31.6 Å². The highest BCUT2D eigenvalue weighted by molar-refractivity contribution is 8.19. The molecule has 0 saturated heterocycles. The summed E-state index contributed by atoms with van der Waals surface area (Å²) in [5, 5.41) is 18.8. The summed E-state index contributed by atoms with van der Waals surface area (Å²) in [6.45, 7) is 0. The lowest BCUT2D eigenvalue weighted by atomic mass is 10.1. The molecule has 15 heteroatoms.